The summed E-state index contributed by atoms with van der Waals surface area (Å²) in [5.74, 6) is 0.134. The highest BCUT2D eigenvalue weighted by molar-refractivity contribution is 7.12. The van der Waals surface area contributed by atoms with Crippen LogP contribution in [-0.4, -0.2) is 204 Å². The molecule has 7 aliphatic heterocycles. The number of piperazine rings is 2. The standard InChI is InChI=1S/C41H43ClFN7O5S.C39H35ClF3N7O5S/c1-4-17-48(18-5-2)39(51)26-6-11-30(12-7-26)55-31-13-9-28(10-14-31)50-24-29-23-47(19-20-49(29)41(50)53)25-34-35(40(52)54-3)36(32-15-8-27(43)22-33(32)42)46-37(45-34)38-44-16-21-56-38;1-54-37(52)32-31(45-34(35-44-14-18-56-35)46-33(32)29-12-5-24(41)19-30(29)40)22-47-16-17-48-26(20-47)21-49(38(48)53)25-6-10-28(11-7-25)55-27-8-3-23(4-9-27)36(51)50-15-2-13-39(50,42)43/h6-16,21-22,29,36H,4-5,17-20,23-25H2,1-3H3,(H,45,46);3-12,14,18-19,26,33H,2,13,15-17,20-22H2,1H3,(H,45,46)/t29-,36-;26-,33-/m00/s1. The molecule has 2 N–H and O–H groups in total. The fourth-order valence-electron chi connectivity index (χ4n) is 14.8. The molecule has 4 atom stereocenters. The van der Waals surface area contributed by atoms with Gasteiger partial charge in [-0.3, -0.25) is 44.1 Å². The third-order valence-electron chi connectivity index (χ3n) is 20.2. The van der Waals surface area contributed by atoms with Crippen molar-refractivity contribution in [1.29, 1.82) is 0 Å². The SMILES string of the molecule is CCCN(CCC)C(=O)c1ccc(Oc2ccc(N3C[C@@H]4CN(CC5=C(C(=O)OC)[C@H](c6ccc(F)cc6Cl)N=C(c6nccs6)N5)CCN4C3=O)cc2)cc1.COC(=O)C1=C(CN2CCN3C(=O)N(c4ccc(Oc5ccc(C(=O)N6CCCC6(F)F)cc5)cc4)C[C@@H]3C2)NC(c2nccs2)=N[C@H]1c1ccc(F)cc1Cl. The number of halogens is 6. The number of carbonyl (C=O) groups excluding carboxylic acids is 6. The second kappa shape index (κ2) is 34.1. The van der Waals surface area contributed by atoms with Crippen molar-refractivity contribution in [2.75, 3.05) is 109 Å². The van der Waals surface area contributed by atoms with Crippen molar-refractivity contribution in [3.8, 4) is 23.0 Å². The molecular formula is C80H78Cl2F4N14O10S2. The number of amidine groups is 2. The van der Waals surface area contributed by atoms with Gasteiger partial charge in [0.2, 0.25) is 0 Å². The van der Waals surface area contributed by atoms with Crippen LogP contribution in [0.1, 0.15) is 93.5 Å². The van der Waals surface area contributed by atoms with Gasteiger partial charge in [-0.15, -0.1) is 22.7 Å². The van der Waals surface area contributed by atoms with E-state index in [-0.39, 0.29) is 76.2 Å². The number of likely N-dealkylation sites (tertiary alicyclic amines) is 1. The van der Waals surface area contributed by atoms with Crippen molar-refractivity contribution in [3.63, 3.8) is 0 Å². The van der Waals surface area contributed by atoms with Crippen molar-refractivity contribution >= 4 is 105 Å². The molecule has 5 fully saturated rings. The van der Waals surface area contributed by atoms with E-state index in [4.69, 9.17) is 52.1 Å². The lowest BCUT2D eigenvalue weighted by molar-refractivity contribution is -0.137. The Bertz CT molecular complexity index is 4960. The monoisotopic (exact) mass is 1600 g/mol. The normalized spacial score (nSPS) is 19.6. The van der Waals surface area contributed by atoms with Crippen LogP contribution in [0.2, 0.25) is 10.0 Å². The smallest absolute Gasteiger partial charge is 0.338 e. The molecule has 0 unspecified atom stereocenters. The molecule has 6 aromatic carbocycles. The fourth-order valence-corrected chi connectivity index (χ4v) is 16.5. The van der Waals surface area contributed by atoms with E-state index in [2.05, 4.69) is 44.2 Å². The summed E-state index contributed by atoms with van der Waals surface area (Å²) >= 11 is 15.8. The number of benzene rings is 6. The van der Waals surface area contributed by atoms with Gasteiger partial charge >= 0.3 is 30.0 Å². The highest BCUT2D eigenvalue weighted by Gasteiger charge is 2.47. The Morgan fingerprint density at radius 1 is 0.562 bits per heavy atom. The molecule has 582 valence electrons. The van der Waals surface area contributed by atoms with Crippen molar-refractivity contribution in [3.05, 3.63) is 233 Å². The van der Waals surface area contributed by atoms with Crippen LogP contribution in [0.25, 0.3) is 0 Å². The molecule has 0 aliphatic carbocycles. The molecular weight excluding hydrogens is 1530 g/mol. The largest absolute Gasteiger partial charge is 0.466 e. The zero-order chi connectivity index (χ0) is 78.5. The van der Waals surface area contributed by atoms with Crippen molar-refractivity contribution in [2.45, 2.75) is 69.7 Å². The van der Waals surface area contributed by atoms with Gasteiger partial charge in [0.05, 0.1) is 37.4 Å². The number of esters is 2. The Balaban J connectivity index is 0.000000186. The molecule has 0 saturated carbocycles. The molecule has 0 radical (unpaired) electrons. The van der Waals surface area contributed by atoms with Gasteiger partial charge in [-0.2, -0.15) is 8.78 Å². The van der Waals surface area contributed by atoms with Crippen LogP contribution in [0.15, 0.2) is 189 Å². The Kier molecular flexibility index (Phi) is 23.7. The first-order valence-corrected chi connectivity index (χ1v) is 39.1. The number of carbonyl (C=O) groups is 6. The van der Waals surface area contributed by atoms with Gasteiger partial charge in [-0.25, -0.2) is 37.9 Å². The van der Waals surface area contributed by atoms with Gasteiger partial charge in [-0.1, -0.05) is 49.2 Å². The number of thiazole rings is 2. The van der Waals surface area contributed by atoms with Gasteiger partial charge in [0.15, 0.2) is 21.7 Å². The van der Waals surface area contributed by atoms with Crippen LogP contribution in [0.4, 0.5) is 38.5 Å². The van der Waals surface area contributed by atoms with Crippen LogP contribution >= 0.6 is 45.9 Å². The molecule has 24 nitrogen and oxygen atoms in total. The highest BCUT2D eigenvalue weighted by atomic mass is 35.5. The summed E-state index contributed by atoms with van der Waals surface area (Å²) in [5, 5.41) is 11.8. The molecule has 112 heavy (non-hydrogen) atoms. The summed E-state index contributed by atoms with van der Waals surface area (Å²) in [6, 6.07) is 30.3. The number of aromatic nitrogens is 2. The maximum atomic E-state index is 14.1. The number of alkyl halides is 2. The van der Waals surface area contributed by atoms with E-state index in [9.17, 15) is 46.3 Å². The minimum Gasteiger partial charge on any atom is -0.466 e. The second-order valence-corrected chi connectivity index (χ2v) is 30.1. The van der Waals surface area contributed by atoms with E-state index in [1.54, 1.807) is 82.9 Å². The summed E-state index contributed by atoms with van der Waals surface area (Å²) in [6.45, 7) is 10.3. The van der Waals surface area contributed by atoms with Crippen LogP contribution in [0, 0.1) is 11.6 Å². The first-order chi connectivity index (χ1) is 54.1. The number of aliphatic imine (C=N–C) groups is 2. The molecule has 15 rings (SSSR count). The minimum atomic E-state index is -3.14. The van der Waals surface area contributed by atoms with Crippen LogP contribution in [-0.2, 0) is 19.1 Å². The fraction of sp³-hybridized carbons (Fsp3) is 0.325. The number of urea groups is 2. The van der Waals surface area contributed by atoms with Gasteiger partial charge < -0.3 is 44.3 Å². The summed E-state index contributed by atoms with van der Waals surface area (Å²) in [4.78, 5) is 112. The van der Waals surface area contributed by atoms with Crippen molar-refractivity contribution < 1.29 is 65.3 Å². The Labute approximate surface area is 661 Å². The number of amides is 6. The predicted octanol–water partition coefficient (Wildman–Crippen LogP) is 13.8. The molecule has 5 saturated heterocycles. The number of hydrogen-bond donors (Lipinski definition) is 2. The van der Waals surface area contributed by atoms with Gasteiger partial charge in [0.1, 0.15) is 46.7 Å². The average Bonchev–Trinajstić information content (AvgIpc) is 1.02. The lowest BCUT2D eigenvalue weighted by atomic mass is 9.95. The molecule has 2 aromatic heterocycles. The summed E-state index contributed by atoms with van der Waals surface area (Å²) in [7, 11) is 2.60. The minimum absolute atomic E-state index is 0.0156. The van der Waals surface area contributed by atoms with E-state index in [1.165, 1.54) is 85.4 Å². The number of methoxy groups -OCH3 is 2. The van der Waals surface area contributed by atoms with Gasteiger partial charge in [0, 0.05) is 170 Å². The van der Waals surface area contributed by atoms with Crippen molar-refractivity contribution in [1.82, 2.24) is 50.0 Å². The van der Waals surface area contributed by atoms with Gasteiger partial charge in [-0.05, 0) is 141 Å². The maximum Gasteiger partial charge on any atom is 0.338 e. The van der Waals surface area contributed by atoms with E-state index in [0.717, 1.165) is 31.6 Å². The number of ether oxygens (including phenoxy) is 4. The number of nitrogens with zero attached hydrogens (tertiary/aromatic N) is 12. The van der Waals surface area contributed by atoms with Crippen LogP contribution in [0.3, 0.4) is 0 Å². The molecule has 6 amide bonds. The van der Waals surface area contributed by atoms with Gasteiger partial charge in [0.25, 0.3) is 11.8 Å². The van der Waals surface area contributed by atoms with E-state index in [0.29, 0.717) is 149 Å². The number of nitrogens with one attached hydrogen (secondary N) is 2. The Morgan fingerprint density at radius 2 is 0.982 bits per heavy atom. The summed E-state index contributed by atoms with van der Waals surface area (Å²) < 4.78 is 78.8. The van der Waals surface area contributed by atoms with Crippen LogP contribution in [0.5, 0.6) is 23.0 Å². The summed E-state index contributed by atoms with van der Waals surface area (Å²) in [6.07, 6.45) is 5.05. The van der Waals surface area contributed by atoms with E-state index >= 15 is 0 Å². The zero-order valence-corrected chi connectivity index (χ0v) is 64.5. The maximum absolute atomic E-state index is 14.1. The molecule has 0 spiro atoms. The Morgan fingerprint density at radius 3 is 1.36 bits per heavy atom. The highest BCUT2D eigenvalue weighted by Crippen LogP contribution is 2.41. The number of fused-ring (bicyclic) bond motifs is 2. The number of hydrogen-bond acceptors (Lipinski definition) is 20. The molecule has 9 heterocycles. The average molecular weight is 1610 g/mol. The topological polar surface area (TPSA) is 240 Å². The third-order valence-corrected chi connectivity index (χ3v) is 22.4. The lowest BCUT2D eigenvalue weighted by Crippen LogP contribution is -2.53. The summed E-state index contributed by atoms with van der Waals surface area (Å²) in [5.41, 5.74) is 4.75. The third kappa shape index (κ3) is 16.9. The first-order valence-electron chi connectivity index (χ1n) is 36.5. The van der Waals surface area contributed by atoms with E-state index in [1.807, 2.05) is 49.7 Å². The quantitative estimate of drug-likeness (QED) is 0.0364. The van der Waals surface area contributed by atoms with Crippen molar-refractivity contribution in [2.24, 2.45) is 9.98 Å². The molecule has 32 heteroatoms. The molecule has 8 aromatic rings. The molecule has 0 bridgehead atoms. The second-order valence-electron chi connectivity index (χ2n) is 27.5. The first kappa shape index (κ1) is 77.9. The predicted molar refractivity (Wildman–Crippen MR) is 417 cm³/mol. The Hall–Kier alpha value is -10.8. The number of rotatable bonds is 22. The molecule has 7 aliphatic rings. The van der Waals surface area contributed by atoms with E-state index < -0.39 is 47.6 Å². The number of anilines is 2. The zero-order valence-electron chi connectivity index (χ0n) is 61.4. The van der Waals surface area contributed by atoms with Crippen LogP contribution < -0.4 is 29.9 Å². The lowest BCUT2D eigenvalue weighted by Gasteiger charge is -2.38.